The summed E-state index contributed by atoms with van der Waals surface area (Å²) in [4.78, 5) is 10.5. The minimum Gasteiger partial charge on any atom is -0.481 e. The molecule has 0 heterocycles. The number of benzene rings is 1. The van der Waals surface area contributed by atoms with Crippen molar-refractivity contribution in [3.05, 3.63) is 35.9 Å². The molecule has 3 heteroatoms. The number of aliphatic carboxylic acids is 1. The molecule has 0 saturated carbocycles. The highest BCUT2D eigenvalue weighted by atomic mass is 16.4. The lowest BCUT2D eigenvalue weighted by molar-refractivity contribution is -0.136. The smallest absolute Gasteiger partial charge is 0.302 e. The Morgan fingerprint density at radius 2 is 1.91 bits per heavy atom. The highest BCUT2D eigenvalue weighted by Crippen LogP contribution is 2.10. The van der Waals surface area contributed by atoms with Crippen molar-refractivity contribution in [1.29, 1.82) is 0 Å². The Balaban J connectivity index is 2.85. The van der Waals surface area contributed by atoms with Gasteiger partial charge in [0.05, 0.1) is 0 Å². The first-order chi connectivity index (χ1) is 5.22. The van der Waals surface area contributed by atoms with E-state index in [0.29, 0.717) is 0 Å². The van der Waals surface area contributed by atoms with Crippen LogP contribution < -0.4 is 0 Å². The largest absolute Gasteiger partial charge is 0.481 e. The van der Waals surface area contributed by atoms with E-state index in [1.807, 2.05) is 30.3 Å². The normalized spacial score (nSPS) is 12.4. The average molecular weight is 148 g/mol. The number of rotatable bonds is 2. The van der Waals surface area contributed by atoms with Crippen molar-refractivity contribution >= 4 is 13.8 Å². The van der Waals surface area contributed by atoms with Crippen LogP contribution in [0.2, 0.25) is 0 Å². The fraction of sp³-hybridized carbons (Fsp3) is 0.125. The number of carboxylic acids is 1. The predicted molar refractivity (Wildman–Crippen MR) is 45.4 cm³/mol. The molecule has 11 heavy (non-hydrogen) atoms. The molecule has 0 aliphatic carbocycles. The summed E-state index contributed by atoms with van der Waals surface area (Å²) >= 11 is 0. The van der Waals surface area contributed by atoms with Gasteiger partial charge >= 0.3 is 5.97 Å². The Labute approximate surface area is 66.3 Å². The lowest BCUT2D eigenvalue weighted by atomic mass is 9.81. The molecule has 0 fully saturated rings. The van der Waals surface area contributed by atoms with E-state index in [9.17, 15) is 4.79 Å². The van der Waals surface area contributed by atoms with Crippen LogP contribution in [0.3, 0.4) is 0 Å². The maximum atomic E-state index is 10.5. The van der Waals surface area contributed by atoms with Gasteiger partial charge in [0, 0.05) is 5.82 Å². The topological polar surface area (TPSA) is 37.3 Å². The first-order valence-electron chi connectivity index (χ1n) is 3.49. The van der Waals surface area contributed by atoms with Gasteiger partial charge in [-0.25, -0.2) is 0 Å². The summed E-state index contributed by atoms with van der Waals surface area (Å²) in [5.41, 5.74) is 0.847. The molecule has 1 atom stereocenters. The van der Waals surface area contributed by atoms with Gasteiger partial charge in [-0.3, -0.25) is 4.79 Å². The quantitative estimate of drug-likeness (QED) is 0.618. The van der Waals surface area contributed by atoms with Crippen molar-refractivity contribution < 1.29 is 9.90 Å². The van der Waals surface area contributed by atoms with Gasteiger partial charge in [0.15, 0.2) is 0 Å². The van der Waals surface area contributed by atoms with E-state index in [-0.39, 0.29) is 0 Å². The SMILES string of the molecule is B[C@H](C(=O)O)c1ccccc1. The standard InChI is InChI=1S/C8H9BO2/c9-7(8(10)11)6-4-2-1-3-5-6/h1-5,7H,9H2,(H,10,11)/t7-/m0/s1. The third-order valence-corrected chi connectivity index (χ3v) is 1.67. The monoisotopic (exact) mass is 148 g/mol. The lowest BCUT2D eigenvalue weighted by Crippen LogP contribution is -2.10. The molecule has 1 rings (SSSR count). The molecule has 0 unspecified atom stereocenters. The minimum absolute atomic E-state index is 0.406. The number of carbonyl (C=O) groups is 1. The molecule has 56 valence electrons. The summed E-state index contributed by atoms with van der Waals surface area (Å²) in [5, 5.41) is 8.64. The van der Waals surface area contributed by atoms with E-state index in [4.69, 9.17) is 5.11 Å². The molecule has 0 aliphatic rings. The van der Waals surface area contributed by atoms with Crippen LogP contribution in [0.25, 0.3) is 0 Å². The van der Waals surface area contributed by atoms with Gasteiger partial charge < -0.3 is 5.11 Å². The molecule has 2 nitrogen and oxygen atoms in total. The fourth-order valence-electron chi connectivity index (χ4n) is 0.884. The van der Waals surface area contributed by atoms with Crippen molar-refractivity contribution in [2.75, 3.05) is 0 Å². The van der Waals surface area contributed by atoms with Crippen LogP contribution in [0, 0.1) is 0 Å². The van der Waals surface area contributed by atoms with Crippen LogP contribution in [0.4, 0.5) is 0 Å². The van der Waals surface area contributed by atoms with Crippen molar-refractivity contribution in [3.63, 3.8) is 0 Å². The van der Waals surface area contributed by atoms with Crippen molar-refractivity contribution in [2.24, 2.45) is 0 Å². The molecule has 1 N–H and O–H groups in total. The van der Waals surface area contributed by atoms with Gasteiger partial charge in [0.2, 0.25) is 0 Å². The van der Waals surface area contributed by atoms with Crippen molar-refractivity contribution in [1.82, 2.24) is 0 Å². The van der Waals surface area contributed by atoms with E-state index in [0.717, 1.165) is 5.56 Å². The average Bonchev–Trinajstić information content (AvgIpc) is 2.05. The maximum Gasteiger partial charge on any atom is 0.302 e. The second-order valence-corrected chi connectivity index (χ2v) is 2.47. The number of hydrogen-bond acceptors (Lipinski definition) is 1. The first-order valence-corrected chi connectivity index (χ1v) is 3.49. The van der Waals surface area contributed by atoms with Crippen molar-refractivity contribution in [3.8, 4) is 0 Å². The van der Waals surface area contributed by atoms with Gasteiger partial charge in [-0.15, -0.1) is 0 Å². The van der Waals surface area contributed by atoms with Crippen LogP contribution in [-0.4, -0.2) is 18.9 Å². The Morgan fingerprint density at radius 1 is 1.36 bits per heavy atom. The fourth-order valence-corrected chi connectivity index (χ4v) is 0.884. The van der Waals surface area contributed by atoms with Crippen LogP contribution in [0.5, 0.6) is 0 Å². The summed E-state index contributed by atoms with van der Waals surface area (Å²) in [7, 11) is 1.68. The third-order valence-electron chi connectivity index (χ3n) is 1.67. The third kappa shape index (κ3) is 1.83. The van der Waals surface area contributed by atoms with Crippen LogP contribution in [0.1, 0.15) is 11.4 Å². The van der Waals surface area contributed by atoms with Crippen LogP contribution in [0.15, 0.2) is 30.3 Å². The molecule has 0 radical (unpaired) electrons. The molecule has 0 saturated heterocycles. The Bertz CT molecular complexity index is 246. The number of carboxylic acid groups (broad SMARTS) is 1. The lowest BCUT2D eigenvalue weighted by Gasteiger charge is -2.04. The first kappa shape index (κ1) is 7.86. The van der Waals surface area contributed by atoms with E-state index < -0.39 is 11.8 Å². The Hall–Kier alpha value is -1.25. The number of hydrogen-bond donors (Lipinski definition) is 1. The molecule has 0 aromatic heterocycles. The summed E-state index contributed by atoms with van der Waals surface area (Å²) < 4.78 is 0. The van der Waals surface area contributed by atoms with Gasteiger partial charge in [-0.05, 0) is 5.56 Å². The Kier molecular flexibility index (Phi) is 2.31. The van der Waals surface area contributed by atoms with E-state index in [1.54, 1.807) is 7.85 Å². The minimum atomic E-state index is -0.781. The molecule has 0 spiro atoms. The molecular formula is C8H9BO2. The second kappa shape index (κ2) is 3.24. The molecule has 1 aromatic carbocycles. The van der Waals surface area contributed by atoms with Gasteiger partial charge in [-0.2, -0.15) is 0 Å². The molecule has 0 amide bonds. The highest BCUT2D eigenvalue weighted by molar-refractivity contribution is 6.22. The van der Waals surface area contributed by atoms with E-state index in [2.05, 4.69) is 0 Å². The zero-order chi connectivity index (χ0) is 8.27. The predicted octanol–water partition coefficient (Wildman–Crippen LogP) is 0.445. The summed E-state index contributed by atoms with van der Waals surface area (Å²) in [6.07, 6.45) is 0. The Morgan fingerprint density at radius 3 is 2.36 bits per heavy atom. The van der Waals surface area contributed by atoms with Gasteiger partial charge in [0.25, 0.3) is 0 Å². The van der Waals surface area contributed by atoms with Gasteiger partial charge in [-0.1, -0.05) is 30.3 Å². The summed E-state index contributed by atoms with van der Waals surface area (Å²) in [6, 6.07) is 9.19. The van der Waals surface area contributed by atoms with Crippen LogP contribution >= 0.6 is 0 Å². The van der Waals surface area contributed by atoms with Crippen molar-refractivity contribution in [2.45, 2.75) is 5.82 Å². The maximum absolute atomic E-state index is 10.5. The molecule has 0 bridgehead atoms. The second-order valence-electron chi connectivity index (χ2n) is 2.47. The molecular weight excluding hydrogens is 139 g/mol. The molecule has 1 aromatic rings. The highest BCUT2D eigenvalue weighted by Gasteiger charge is 2.11. The zero-order valence-corrected chi connectivity index (χ0v) is 6.32. The van der Waals surface area contributed by atoms with E-state index >= 15 is 0 Å². The molecule has 0 aliphatic heterocycles. The van der Waals surface area contributed by atoms with Gasteiger partial charge in [0.1, 0.15) is 7.85 Å². The summed E-state index contributed by atoms with van der Waals surface area (Å²) in [6.45, 7) is 0. The zero-order valence-electron chi connectivity index (χ0n) is 6.32. The van der Waals surface area contributed by atoms with E-state index in [1.165, 1.54) is 0 Å². The summed E-state index contributed by atoms with van der Waals surface area (Å²) in [5.74, 6) is -1.19. The van der Waals surface area contributed by atoms with Crippen LogP contribution in [-0.2, 0) is 4.79 Å².